The average Bonchev–Trinajstić information content (AvgIpc) is 2.95. The molecule has 10 nitrogen and oxygen atoms in total. The third-order valence-corrected chi connectivity index (χ3v) is 7.43. The lowest BCUT2D eigenvalue weighted by Gasteiger charge is -2.20. The first-order valence-electron chi connectivity index (χ1n) is 15.6. The van der Waals surface area contributed by atoms with Gasteiger partial charge in [0.15, 0.2) is 0 Å². The van der Waals surface area contributed by atoms with Gasteiger partial charge in [0.2, 0.25) is 0 Å². The van der Waals surface area contributed by atoms with Crippen molar-refractivity contribution in [1.29, 1.82) is 0 Å². The number of phosphoric ester groups is 1. The fourth-order valence-corrected chi connectivity index (χ4v) is 4.77. The highest BCUT2D eigenvalue weighted by atomic mass is 31.2. The van der Waals surface area contributed by atoms with Crippen LogP contribution < -0.4 is 0 Å². The lowest BCUT2D eigenvalue weighted by atomic mass is 10.1. The van der Waals surface area contributed by atoms with Crippen LogP contribution in [0.3, 0.4) is 0 Å². The lowest BCUT2D eigenvalue weighted by molar-refractivity contribution is -0.153. The van der Waals surface area contributed by atoms with Crippen molar-refractivity contribution in [2.24, 2.45) is 0 Å². The largest absolute Gasteiger partial charge is 0.472 e. The maximum absolute atomic E-state index is 12.1. The quantitative estimate of drug-likeness (QED) is 0.0369. The minimum Gasteiger partial charge on any atom is -0.457 e. The molecule has 0 aliphatic heterocycles. The van der Waals surface area contributed by atoms with Crippen molar-refractivity contribution >= 4 is 19.8 Å². The van der Waals surface area contributed by atoms with E-state index in [1.807, 2.05) is 6.92 Å². The van der Waals surface area contributed by atoms with Gasteiger partial charge in [0.05, 0.1) is 26.4 Å². The van der Waals surface area contributed by atoms with Crippen molar-refractivity contribution in [1.82, 2.24) is 0 Å². The fraction of sp³-hybridized carbons (Fsp3) is 0.867. The Balaban J connectivity index is 3.97. The van der Waals surface area contributed by atoms with E-state index in [1.165, 1.54) is 38.5 Å². The lowest BCUT2D eigenvalue weighted by Crippen LogP contribution is -2.28. The second-order valence-electron chi connectivity index (χ2n) is 10.4. The first-order valence-corrected chi connectivity index (χ1v) is 17.1. The number of carbonyl (C=O) groups excluding carboxylic acids is 2. The van der Waals surface area contributed by atoms with E-state index in [2.05, 4.69) is 19.1 Å². The molecule has 0 saturated heterocycles. The van der Waals surface area contributed by atoms with Crippen molar-refractivity contribution in [3.8, 4) is 0 Å². The maximum Gasteiger partial charge on any atom is 0.472 e. The molecule has 0 saturated carbocycles. The molecule has 3 unspecified atom stereocenters. The monoisotopic (exact) mass is 608 g/mol. The van der Waals surface area contributed by atoms with E-state index >= 15 is 0 Å². The van der Waals surface area contributed by atoms with Crippen molar-refractivity contribution in [3.63, 3.8) is 0 Å². The molecule has 0 aromatic rings. The molecule has 41 heavy (non-hydrogen) atoms. The predicted octanol–water partition coefficient (Wildman–Crippen LogP) is 6.55. The van der Waals surface area contributed by atoms with Gasteiger partial charge in [0.1, 0.15) is 12.2 Å². The molecular formula is C30H57O10P. The average molecular weight is 609 g/mol. The van der Waals surface area contributed by atoms with Crippen LogP contribution in [-0.2, 0) is 32.7 Å². The summed E-state index contributed by atoms with van der Waals surface area (Å²) in [5, 5.41) is 18.8. The van der Waals surface area contributed by atoms with Gasteiger partial charge in [-0.3, -0.25) is 18.6 Å². The number of rotatable bonds is 29. The fourth-order valence-electron chi connectivity index (χ4n) is 3.99. The zero-order chi connectivity index (χ0) is 30.6. The summed E-state index contributed by atoms with van der Waals surface area (Å²) in [7, 11) is -4.60. The second kappa shape index (κ2) is 27.5. The van der Waals surface area contributed by atoms with Crippen LogP contribution in [0.5, 0.6) is 0 Å². The van der Waals surface area contributed by atoms with Crippen LogP contribution in [0.15, 0.2) is 12.2 Å². The van der Waals surface area contributed by atoms with Gasteiger partial charge in [-0.2, -0.15) is 0 Å². The van der Waals surface area contributed by atoms with Crippen molar-refractivity contribution in [3.05, 3.63) is 12.2 Å². The molecular weight excluding hydrogens is 551 g/mol. The molecule has 0 spiro atoms. The Morgan fingerprint density at radius 1 is 0.634 bits per heavy atom. The molecule has 0 bridgehead atoms. The van der Waals surface area contributed by atoms with Crippen LogP contribution >= 0.6 is 7.82 Å². The topological polar surface area (TPSA) is 149 Å². The first kappa shape index (κ1) is 39.7. The number of esters is 2. The number of allylic oxidation sites excluding steroid dienone is 2. The number of phosphoric acid groups is 1. The van der Waals surface area contributed by atoms with Gasteiger partial charge in [0, 0.05) is 12.8 Å². The Morgan fingerprint density at radius 2 is 1.00 bits per heavy atom. The van der Waals surface area contributed by atoms with E-state index in [9.17, 15) is 29.3 Å². The number of carbonyl (C=O) groups is 2. The van der Waals surface area contributed by atoms with E-state index in [0.717, 1.165) is 51.4 Å². The molecule has 0 aliphatic rings. The van der Waals surface area contributed by atoms with E-state index in [0.29, 0.717) is 12.8 Å². The van der Waals surface area contributed by atoms with Gasteiger partial charge in [-0.15, -0.1) is 0 Å². The molecule has 0 fully saturated rings. The summed E-state index contributed by atoms with van der Waals surface area (Å²) in [6.45, 7) is 1.94. The van der Waals surface area contributed by atoms with Gasteiger partial charge in [-0.05, 0) is 38.5 Å². The molecule has 3 N–H and O–H groups in total. The van der Waals surface area contributed by atoms with Gasteiger partial charge in [-0.25, -0.2) is 4.57 Å². The first-order chi connectivity index (χ1) is 19.8. The Labute approximate surface area is 247 Å². The summed E-state index contributed by atoms with van der Waals surface area (Å²) in [5.74, 6) is -1.05. The molecule has 0 radical (unpaired) electrons. The van der Waals surface area contributed by atoms with Crippen LogP contribution in [-0.4, -0.2) is 65.7 Å². The maximum atomic E-state index is 12.1. The summed E-state index contributed by atoms with van der Waals surface area (Å²) in [6, 6.07) is 0. The van der Waals surface area contributed by atoms with Gasteiger partial charge < -0.3 is 24.6 Å². The number of unbranched alkanes of at least 4 members (excludes halogenated alkanes) is 13. The summed E-state index contributed by atoms with van der Waals surface area (Å²) < 4.78 is 31.9. The van der Waals surface area contributed by atoms with Crippen LogP contribution in [0, 0.1) is 0 Å². The number of aliphatic hydroxyl groups excluding tert-OH is 2. The summed E-state index contributed by atoms with van der Waals surface area (Å²) in [5.41, 5.74) is 0. The van der Waals surface area contributed by atoms with E-state index in [4.69, 9.17) is 18.5 Å². The van der Waals surface area contributed by atoms with Crippen LogP contribution in [0.2, 0.25) is 0 Å². The van der Waals surface area contributed by atoms with Crippen LogP contribution in [0.25, 0.3) is 0 Å². The molecule has 11 heteroatoms. The van der Waals surface area contributed by atoms with Gasteiger partial charge in [-0.1, -0.05) is 90.2 Å². The smallest absolute Gasteiger partial charge is 0.457 e. The zero-order valence-corrected chi connectivity index (χ0v) is 26.4. The van der Waals surface area contributed by atoms with Crippen LogP contribution in [0.4, 0.5) is 0 Å². The summed E-state index contributed by atoms with van der Waals surface area (Å²) >= 11 is 0. The van der Waals surface area contributed by atoms with Gasteiger partial charge in [0.25, 0.3) is 0 Å². The molecule has 0 amide bonds. The Hall–Kier alpha value is -1.29. The van der Waals surface area contributed by atoms with E-state index in [-0.39, 0.29) is 12.8 Å². The Kier molecular flexibility index (Phi) is 26.7. The van der Waals surface area contributed by atoms with Crippen molar-refractivity contribution < 1.29 is 47.8 Å². The molecule has 0 rings (SSSR count). The molecule has 0 aromatic carbocycles. The Morgan fingerprint density at radius 3 is 1.44 bits per heavy atom. The van der Waals surface area contributed by atoms with Gasteiger partial charge >= 0.3 is 19.8 Å². The van der Waals surface area contributed by atoms with Crippen molar-refractivity contribution in [2.45, 2.75) is 142 Å². The third-order valence-electron chi connectivity index (χ3n) is 6.48. The number of hydrogen-bond acceptors (Lipinski definition) is 9. The normalized spacial score (nSPS) is 14.6. The minimum absolute atomic E-state index is 0.179. The molecule has 3 atom stereocenters. The molecule has 0 heterocycles. The number of aliphatic hydroxyl groups is 2. The number of hydrogen-bond donors (Lipinski definition) is 3. The zero-order valence-electron chi connectivity index (χ0n) is 25.5. The highest BCUT2D eigenvalue weighted by Gasteiger charge is 2.27. The van der Waals surface area contributed by atoms with E-state index in [1.54, 1.807) is 0 Å². The summed E-state index contributed by atoms with van der Waals surface area (Å²) in [6.07, 6.45) is 20.1. The number of ether oxygens (including phenoxy) is 2. The predicted molar refractivity (Wildman–Crippen MR) is 159 cm³/mol. The highest BCUT2D eigenvalue weighted by molar-refractivity contribution is 7.47. The van der Waals surface area contributed by atoms with Crippen LogP contribution in [0.1, 0.15) is 129 Å². The standard InChI is InChI=1S/C30H57O10P/c1-3-5-7-8-9-10-11-12-13-14-15-16-17-18-20-22-30(34)40-28(24-32)26-38-41(35,36)37-25-27(23-31)39-29(33)21-19-6-4-2/h12-13,27-28,31-32H,3-11,14-26H2,1-2H3,(H,35,36)/b13-12-. The third kappa shape index (κ3) is 26.1. The molecule has 0 aliphatic carbocycles. The second-order valence-corrected chi connectivity index (χ2v) is 11.9. The minimum atomic E-state index is -4.60. The van der Waals surface area contributed by atoms with E-state index < -0.39 is 58.4 Å². The SMILES string of the molecule is CCCCCCCC/C=C\CCCCCCCC(=O)OC(CO)COP(=O)(O)OCC(CO)OC(=O)CCCCC. The molecule has 0 aromatic heterocycles. The molecule has 242 valence electrons. The Bertz CT molecular complexity index is 715. The summed E-state index contributed by atoms with van der Waals surface area (Å²) in [4.78, 5) is 33.7. The highest BCUT2D eigenvalue weighted by Crippen LogP contribution is 2.43. The van der Waals surface area contributed by atoms with Crippen molar-refractivity contribution in [2.75, 3.05) is 26.4 Å².